The van der Waals surface area contributed by atoms with E-state index in [9.17, 15) is 4.79 Å². The fraction of sp³-hybridized carbons (Fsp3) is 0.111. The predicted octanol–water partition coefficient (Wildman–Crippen LogP) is 3.25. The molecule has 0 bridgehead atoms. The summed E-state index contributed by atoms with van der Waals surface area (Å²) >= 11 is 5.87. The van der Waals surface area contributed by atoms with E-state index < -0.39 is 5.97 Å². The number of ether oxygens (including phenoxy) is 1. The Hall–Kier alpha value is -3.39. The zero-order chi connectivity index (χ0) is 19.2. The standard InChI is InChI=1S/C18H17ClN6O2/c1-21-14-5-3-2-4-13(14)16(26)27-10-15-23-17(20)25-18(24-15)22-12-8-6-11(19)7-9-12/h2-9,21H,10H2,1H3,(H3,20,22,23,24,25). The first-order valence-corrected chi connectivity index (χ1v) is 8.40. The number of carbonyl (C=O) groups excluding carboxylic acids is 1. The second-order valence-corrected chi connectivity index (χ2v) is 5.87. The minimum Gasteiger partial charge on any atom is -0.454 e. The van der Waals surface area contributed by atoms with E-state index in [0.29, 0.717) is 16.3 Å². The molecule has 0 saturated carbocycles. The number of hydrogen-bond donors (Lipinski definition) is 3. The summed E-state index contributed by atoms with van der Waals surface area (Å²) in [5, 5.41) is 6.56. The van der Waals surface area contributed by atoms with Gasteiger partial charge in [0, 0.05) is 23.4 Å². The van der Waals surface area contributed by atoms with E-state index >= 15 is 0 Å². The van der Waals surface area contributed by atoms with Crippen LogP contribution in [0.5, 0.6) is 0 Å². The number of hydrogen-bond acceptors (Lipinski definition) is 8. The number of nitrogens with zero attached hydrogens (tertiary/aromatic N) is 3. The van der Waals surface area contributed by atoms with Crippen molar-refractivity contribution in [2.24, 2.45) is 0 Å². The van der Waals surface area contributed by atoms with Crippen LogP contribution in [-0.4, -0.2) is 28.0 Å². The van der Waals surface area contributed by atoms with Crippen LogP contribution in [-0.2, 0) is 11.3 Å². The lowest BCUT2D eigenvalue weighted by Crippen LogP contribution is -2.12. The van der Waals surface area contributed by atoms with Gasteiger partial charge < -0.3 is 21.1 Å². The Morgan fingerprint density at radius 2 is 1.85 bits per heavy atom. The summed E-state index contributed by atoms with van der Waals surface area (Å²) in [4.78, 5) is 24.5. The fourth-order valence-electron chi connectivity index (χ4n) is 2.31. The van der Waals surface area contributed by atoms with Crippen molar-refractivity contribution in [2.45, 2.75) is 6.61 Å². The molecule has 2 aromatic carbocycles. The van der Waals surface area contributed by atoms with Crippen molar-refractivity contribution in [1.29, 1.82) is 0 Å². The number of nitrogens with one attached hydrogen (secondary N) is 2. The molecular formula is C18H17ClN6O2. The topological polar surface area (TPSA) is 115 Å². The Morgan fingerprint density at radius 3 is 2.59 bits per heavy atom. The minimum atomic E-state index is -0.494. The summed E-state index contributed by atoms with van der Waals surface area (Å²) in [6.45, 7) is -0.140. The zero-order valence-electron chi connectivity index (χ0n) is 14.4. The number of anilines is 4. The SMILES string of the molecule is CNc1ccccc1C(=O)OCc1nc(N)nc(Nc2ccc(Cl)cc2)n1. The van der Waals surface area contributed by atoms with E-state index in [-0.39, 0.29) is 24.3 Å². The van der Waals surface area contributed by atoms with Crippen LogP contribution >= 0.6 is 11.6 Å². The fourth-order valence-corrected chi connectivity index (χ4v) is 2.43. The van der Waals surface area contributed by atoms with Gasteiger partial charge in [0.15, 0.2) is 12.4 Å². The van der Waals surface area contributed by atoms with Crippen LogP contribution in [0.2, 0.25) is 5.02 Å². The third kappa shape index (κ3) is 4.83. The van der Waals surface area contributed by atoms with Gasteiger partial charge in [0.2, 0.25) is 11.9 Å². The third-order valence-electron chi connectivity index (χ3n) is 3.55. The summed E-state index contributed by atoms with van der Waals surface area (Å²) in [6.07, 6.45) is 0. The number of nitrogens with two attached hydrogens (primary N) is 1. The van der Waals surface area contributed by atoms with E-state index in [2.05, 4.69) is 25.6 Å². The van der Waals surface area contributed by atoms with E-state index in [1.54, 1.807) is 49.5 Å². The highest BCUT2D eigenvalue weighted by molar-refractivity contribution is 6.30. The van der Waals surface area contributed by atoms with E-state index in [0.717, 1.165) is 5.69 Å². The summed E-state index contributed by atoms with van der Waals surface area (Å²) in [7, 11) is 1.73. The number of halogens is 1. The molecule has 0 fully saturated rings. The zero-order valence-corrected chi connectivity index (χ0v) is 15.2. The van der Waals surface area contributed by atoms with Crippen LogP contribution < -0.4 is 16.4 Å². The van der Waals surface area contributed by atoms with Crippen molar-refractivity contribution >= 4 is 40.8 Å². The predicted molar refractivity (Wildman–Crippen MR) is 104 cm³/mol. The highest BCUT2D eigenvalue weighted by Gasteiger charge is 2.13. The Kier molecular flexibility index (Phi) is 5.68. The molecule has 0 aliphatic rings. The monoisotopic (exact) mass is 384 g/mol. The first-order valence-electron chi connectivity index (χ1n) is 8.02. The molecule has 0 amide bonds. The van der Waals surface area contributed by atoms with E-state index in [4.69, 9.17) is 22.1 Å². The van der Waals surface area contributed by atoms with Gasteiger partial charge in [-0.3, -0.25) is 0 Å². The van der Waals surface area contributed by atoms with Crippen LogP contribution in [0.25, 0.3) is 0 Å². The maximum Gasteiger partial charge on any atom is 0.340 e. The van der Waals surface area contributed by atoms with Gasteiger partial charge in [0.05, 0.1) is 5.56 Å². The van der Waals surface area contributed by atoms with Gasteiger partial charge in [-0.1, -0.05) is 23.7 Å². The van der Waals surface area contributed by atoms with Crippen LogP contribution in [0, 0.1) is 0 Å². The molecule has 8 nitrogen and oxygen atoms in total. The van der Waals surface area contributed by atoms with Crippen molar-refractivity contribution in [3.63, 3.8) is 0 Å². The molecule has 4 N–H and O–H groups in total. The van der Waals surface area contributed by atoms with Gasteiger partial charge in [-0.2, -0.15) is 15.0 Å². The quantitative estimate of drug-likeness (QED) is 0.555. The highest BCUT2D eigenvalue weighted by Crippen LogP contribution is 2.18. The highest BCUT2D eigenvalue weighted by atomic mass is 35.5. The van der Waals surface area contributed by atoms with Gasteiger partial charge in [0.1, 0.15) is 0 Å². The maximum absolute atomic E-state index is 12.3. The molecule has 9 heteroatoms. The van der Waals surface area contributed by atoms with Crippen LogP contribution in [0.15, 0.2) is 48.5 Å². The lowest BCUT2D eigenvalue weighted by Gasteiger charge is -2.10. The smallest absolute Gasteiger partial charge is 0.340 e. The summed E-state index contributed by atoms with van der Waals surface area (Å²) in [6, 6.07) is 14.0. The summed E-state index contributed by atoms with van der Waals surface area (Å²) < 4.78 is 5.30. The van der Waals surface area contributed by atoms with Crippen molar-refractivity contribution in [1.82, 2.24) is 15.0 Å². The van der Waals surface area contributed by atoms with Crippen molar-refractivity contribution < 1.29 is 9.53 Å². The Balaban J connectivity index is 1.70. The molecule has 3 rings (SSSR count). The van der Waals surface area contributed by atoms with Gasteiger partial charge >= 0.3 is 5.97 Å². The van der Waals surface area contributed by atoms with Gasteiger partial charge in [-0.15, -0.1) is 0 Å². The van der Waals surface area contributed by atoms with Crippen molar-refractivity contribution in [3.8, 4) is 0 Å². The lowest BCUT2D eigenvalue weighted by molar-refractivity contribution is 0.0463. The van der Waals surface area contributed by atoms with E-state index in [1.807, 2.05) is 6.07 Å². The number of nitrogen functional groups attached to an aromatic ring is 1. The molecule has 0 aliphatic carbocycles. The molecule has 0 radical (unpaired) electrons. The Morgan fingerprint density at radius 1 is 1.11 bits per heavy atom. The van der Waals surface area contributed by atoms with E-state index in [1.165, 1.54) is 0 Å². The summed E-state index contributed by atoms with van der Waals surface area (Å²) in [5.41, 5.74) is 7.55. The third-order valence-corrected chi connectivity index (χ3v) is 3.80. The number of rotatable bonds is 6. The Bertz CT molecular complexity index is 949. The summed E-state index contributed by atoms with van der Waals surface area (Å²) in [5.74, 6) is -0.00460. The Labute approximate surface area is 160 Å². The maximum atomic E-state index is 12.3. The molecule has 3 aromatic rings. The van der Waals surface area contributed by atoms with Crippen molar-refractivity contribution in [2.75, 3.05) is 23.4 Å². The molecule has 1 aromatic heterocycles. The average Bonchev–Trinajstić information content (AvgIpc) is 2.67. The van der Waals surface area contributed by atoms with Gasteiger partial charge in [-0.25, -0.2) is 4.79 Å². The molecule has 1 heterocycles. The van der Waals surface area contributed by atoms with Crippen LogP contribution in [0.4, 0.5) is 23.3 Å². The number of para-hydroxylation sites is 1. The van der Waals surface area contributed by atoms with Crippen molar-refractivity contribution in [3.05, 3.63) is 64.9 Å². The molecule has 138 valence electrons. The molecule has 0 saturated heterocycles. The second-order valence-electron chi connectivity index (χ2n) is 5.44. The largest absolute Gasteiger partial charge is 0.454 e. The average molecular weight is 385 g/mol. The molecular weight excluding hydrogens is 368 g/mol. The second kappa shape index (κ2) is 8.33. The molecule has 0 unspecified atom stereocenters. The molecule has 0 aliphatic heterocycles. The number of benzene rings is 2. The van der Waals surface area contributed by atoms with Crippen LogP contribution in [0.3, 0.4) is 0 Å². The number of carbonyl (C=O) groups is 1. The van der Waals surface area contributed by atoms with Crippen LogP contribution in [0.1, 0.15) is 16.2 Å². The van der Waals surface area contributed by atoms with Gasteiger partial charge in [-0.05, 0) is 36.4 Å². The minimum absolute atomic E-state index is 0.0168. The number of esters is 1. The first kappa shape index (κ1) is 18.4. The normalized spacial score (nSPS) is 10.3. The lowest BCUT2D eigenvalue weighted by atomic mass is 10.2. The number of aromatic nitrogens is 3. The molecule has 27 heavy (non-hydrogen) atoms. The first-order chi connectivity index (χ1) is 13.0. The molecule has 0 spiro atoms. The van der Waals surface area contributed by atoms with Gasteiger partial charge in [0.25, 0.3) is 0 Å². The molecule has 0 atom stereocenters.